The monoisotopic (exact) mass is 169 g/mol. The number of hydrogen-bond acceptors (Lipinski definition) is 2. The Kier molecular flexibility index (Phi) is 2.66. The number of aliphatic hydroxyl groups excluding tert-OH is 1. The quantitative estimate of drug-likeness (QED) is 0.672. The maximum Gasteiger partial charge on any atom is 0.0433 e. The second kappa shape index (κ2) is 3.75. The van der Waals surface area contributed by atoms with Crippen molar-refractivity contribution < 1.29 is 5.11 Å². The Morgan fingerprint density at radius 3 is 3.00 bits per heavy atom. The van der Waals surface area contributed by atoms with Gasteiger partial charge in [-0.2, -0.15) is 0 Å². The van der Waals surface area contributed by atoms with Crippen LogP contribution in [0.25, 0.3) is 0 Å². The van der Waals surface area contributed by atoms with Crippen LogP contribution in [0.15, 0.2) is 0 Å². The summed E-state index contributed by atoms with van der Waals surface area (Å²) in [6.07, 6.45) is 6.50. The molecule has 2 aliphatic rings. The van der Waals surface area contributed by atoms with Crippen molar-refractivity contribution in [2.45, 2.75) is 38.1 Å². The first kappa shape index (κ1) is 8.52. The molecule has 2 heterocycles. The van der Waals surface area contributed by atoms with Gasteiger partial charge in [0.15, 0.2) is 0 Å². The fraction of sp³-hybridized carbons (Fsp3) is 1.00. The van der Waals surface area contributed by atoms with Crippen molar-refractivity contribution >= 4 is 0 Å². The van der Waals surface area contributed by atoms with Crippen LogP contribution in [0.3, 0.4) is 0 Å². The zero-order valence-corrected chi connectivity index (χ0v) is 7.71. The number of aliphatic hydroxyl groups is 1. The van der Waals surface area contributed by atoms with E-state index in [1.165, 1.54) is 38.8 Å². The highest BCUT2D eigenvalue weighted by Gasteiger charge is 2.30. The van der Waals surface area contributed by atoms with Crippen LogP contribution in [0.5, 0.6) is 0 Å². The molecule has 0 unspecified atom stereocenters. The zero-order valence-electron chi connectivity index (χ0n) is 7.71. The molecular formula is C10H19NO. The summed E-state index contributed by atoms with van der Waals surface area (Å²) in [5, 5.41) is 8.85. The van der Waals surface area contributed by atoms with Gasteiger partial charge in [0.1, 0.15) is 0 Å². The fourth-order valence-electron chi connectivity index (χ4n) is 2.75. The van der Waals surface area contributed by atoms with Crippen LogP contribution < -0.4 is 0 Å². The maximum atomic E-state index is 8.85. The normalized spacial score (nSPS) is 36.8. The van der Waals surface area contributed by atoms with E-state index in [1.807, 2.05) is 0 Å². The van der Waals surface area contributed by atoms with E-state index in [1.54, 1.807) is 0 Å². The van der Waals surface area contributed by atoms with Gasteiger partial charge in [-0.15, -0.1) is 0 Å². The standard InChI is InChI=1S/C10H19NO/c12-7-4-9-3-6-11-5-1-2-10(11)8-9/h9-10,12H,1-8H2/t9-,10+/m0/s1. The molecule has 2 rings (SSSR count). The molecule has 2 saturated heterocycles. The predicted molar refractivity (Wildman–Crippen MR) is 49.0 cm³/mol. The summed E-state index contributed by atoms with van der Waals surface area (Å²) in [7, 11) is 0. The Bertz CT molecular complexity index is 149. The molecule has 2 fully saturated rings. The molecule has 0 amide bonds. The van der Waals surface area contributed by atoms with Crippen molar-refractivity contribution in [2.24, 2.45) is 5.92 Å². The van der Waals surface area contributed by atoms with Gasteiger partial charge in [0.05, 0.1) is 0 Å². The lowest BCUT2D eigenvalue weighted by molar-refractivity contribution is 0.132. The maximum absolute atomic E-state index is 8.85. The second-order valence-corrected chi connectivity index (χ2v) is 4.23. The second-order valence-electron chi connectivity index (χ2n) is 4.23. The first-order valence-corrected chi connectivity index (χ1v) is 5.25. The molecule has 2 aliphatic heterocycles. The summed E-state index contributed by atoms with van der Waals surface area (Å²) in [6.45, 7) is 3.00. The van der Waals surface area contributed by atoms with Gasteiger partial charge >= 0.3 is 0 Å². The molecule has 2 atom stereocenters. The van der Waals surface area contributed by atoms with Gasteiger partial charge in [0.2, 0.25) is 0 Å². The van der Waals surface area contributed by atoms with Crippen molar-refractivity contribution in [1.29, 1.82) is 0 Å². The van der Waals surface area contributed by atoms with Crippen LogP contribution >= 0.6 is 0 Å². The van der Waals surface area contributed by atoms with E-state index in [9.17, 15) is 0 Å². The fourth-order valence-corrected chi connectivity index (χ4v) is 2.75. The highest BCUT2D eigenvalue weighted by molar-refractivity contribution is 4.86. The number of piperidine rings is 1. The van der Waals surface area contributed by atoms with Crippen molar-refractivity contribution in [1.82, 2.24) is 4.90 Å². The largest absolute Gasteiger partial charge is 0.396 e. The van der Waals surface area contributed by atoms with Gasteiger partial charge in [0, 0.05) is 12.6 Å². The SMILES string of the molecule is OCC[C@@H]1CCN2CCC[C@@H]2C1. The number of nitrogens with zero attached hydrogens (tertiary/aromatic N) is 1. The van der Waals surface area contributed by atoms with E-state index in [0.29, 0.717) is 6.61 Å². The van der Waals surface area contributed by atoms with Crippen LogP contribution in [0.4, 0.5) is 0 Å². The van der Waals surface area contributed by atoms with Gasteiger partial charge in [-0.25, -0.2) is 0 Å². The van der Waals surface area contributed by atoms with E-state index in [-0.39, 0.29) is 0 Å². The topological polar surface area (TPSA) is 23.5 Å². The summed E-state index contributed by atoms with van der Waals surface area (Å²) in [5.41, 5.74) is 0. The molecule has 2 heteroatoms. The minimum absolute atomic E-state index is 0.386. The molecule has 2 nitrogen and oxygen atoms in total. The van der Waals surface area contributed by atoms with E-state index in [0.717, 1.165) is 18.4 Å². The Hall–Kier alpha value is -0.0800. The predicted octanol–water partition coefficient (Wildman–Crippen LogP) is 1.24. The van der Waals surface area contributed by atoms with E-state index in [2.05, 4.69) is 4.90 Å². The first-order valence-electron chi connectivity index (χ1n) is 5.25. The summed E-state index contributed by atoms with van der Waals surface area (Å²) in [6, 6.07) is 0.871. The summed E-state index contributed by atoms with van der Waals surface area (Å²) in [5.74, 6) is 0.814. The van der Waals surface area contributed by atoms with E-state index in [4.69, 9.17) is 5.11 Å². The molecule has 0 saturated carbocycles. The van der Waals surface area contributed by atoms with Crippen molar-refractivity contribution in [3.63, 3.8) is 0 Å². The molecular weight excluding hydrogens is 150 g/mol. The highest BCUT2D eigenvalue weighted by atomic mass is 16.3. The van der Waals surface area contributed by atoms with Gasteiger partial charge in [0.25, 0.3) is 0 Å². The van der Waals surface area contributed by atoms with Gasteiger partial charge in [-0.3, -0.25) is 0 Å². The highest BCUT2D eigenvalue weighted by Crippen LogP contribution is 2.31. The molecule has 1 N–H and O–H groups in total. The third-order valence-corrected chi connectivity index (χ3v) is 3.47. The third kappa shape index (κ3) is 1.64. The van der Waals surface area contributed by atoms with Crippen molar-refractivity contribution in [3.05, 3.63) is 0 Å². The lowest BCUT2D eigenvalue weighted by Crippen LogP contribution is -2.38. The van der Waals surface area contributed by atoms with Crippen LogP contribution in [-0.4, -0.2) is 35.7 Å². The summed E-state index contributed by atoms with van der Waals surface area (Å²) < 4.78 is 0. The summed E-state index contributed by atoms with van der Waals surface area (Å²) in [4.78, 5) is 2.63. The average molecular weight is 169 g/mol. The van der Waals surface area contributed by atoms with Gasteiger partial charge in [-0.1, -0.05) is 0 Å². The number of hydrogen-bond donors (Lipinski definition) is 1. The van der Waals surface area contributed by atoms with Crippen LogP contribution in [0.2, 0.25) is 0 Å². The molecule has 0 aliphatic carbocycles. The molecule has 0 spiro atoms. The lowest BCUT2D eigenvalue weighted by Gasteiger charge is -2.34. The first-order chi connectivity index (χ1) is 5.90. The molecule has 0 bridgehead atoms. The Balaban J connectivity index is 1.84. The molecule has 0 aromatic heterocycles. The van der Waals surface area contributed by atoms with Gasteiger partial charge in [-0.05, 0) is 51.1 Å². The lowest BCUT2D eigenvalue weighted by atomic mass is 9.89. The van der Waals surface area contributed by atoms with Crippen LogP contribution in [0, 0.1) is 5.92 Å². The molecule has 12 heavy (non-hydrogen) atoms. The third-order valence-electron chi connectivity index (χ3n) is 3.47. The Labute approximate surface area is 74.6 Å². The molecule has 0 radical (unpaired) electrons. The zero-order chi connectivity index (χ0) is 8.39. The van der Waals surface area contributed by atoms with Crippen LogP contribution in [-0.2, 0) is 0 Å². The average Bonchev–Trinajstić information content (AvgIpc) is 2.51. The number of fused-ring (bicyclic) bond motifs is 1. The minimum Gasteiger partial charge on any atom is -0.396 e. The van der Waals surface area contributed by atoms with Crippen LogP contribution in [0.1, 0.15) is 32.1 Å². The smallest absolute Gasteiger partial charge is 0.0433 e. The van der Waals surface area contributed by atoms with Crippen molar-refractivity contribution in [3.8, 4) is 0 Å². The minimum atomic E-state index is 0.386. The van der Waals surface area contributed by atoms with Gasteiger partial charge < -0.3 is 10.0 Å². The molecule has 70 valence electrons. The molecule has 0 aromatic carbocycles. The van der Waals surface area contributed by atoms with E-state index >= 15 is 0 Å². The Morgan fingerprint density at radius 1 is 1.25 bits per heavy atom. The number of rotatable bonds is 2. The van der Waals surface area contributed by atoms with Crippen molar-refractivity contribution in [2.75, 3.05) is 19.7 Å². The summed E-state index contributed by atoms with van der Waals surface area (Å²) >= 11 is 0. The Morgan fingerprint density at radius 2 is 2.17 bits per heavy atom. The molecule has 0 aromatic rings. The van der Waals surface area contributed by atoms with E-state index < -0.39 is 0 Å².